The van der Waals surface area contributed by atoms with E-state index in [0.717, 1.165) is 49.8 Å². The molecule has 1 saturated heterocycles. The molecule has 1 aromatic heterocycles. The van der Waals surface area contributed by atoms with Crippen LogP contribution in [0.25, 0.3) is 0 Å². The molecule has 2 aromatic rings. The Hall–Kier alpha value is -2.96. The van der Waals surface area contributed by atoms with Gasteiger partial charge in [-0.15, -0.1) is 0 Å². The first kappa shape index (κ1) is 20.8. The Labute approximate surface area is 172 Å². The molecular weight excluding hydrogens is 366 g/mol. The van der Waals surface area contributed by atoms with Crippen molar-refractivity contribution in [2.75, 3.05) is 31.6 Å². The smallest absolute Gasteiger partial charge is 0.191 e. The van der Waals surface area contributed by atoms with Crippen molar-refractivity contribution in [2.45, 2.75) is 39.3 Å². The Morgan fingerprint density at radius 3 is 2.72 bits per heavy atom. The van der Waals surface area contributed by atoms with E-state index in [2.05, 4.69) is 44.6 Å². The van der Waals surface area contributed by atoms with Crippen molar-refractivity contribution in [3.8, 4) is 11.5 Å². The molecule has 7 heteroatoms. The number of methoxy groups -OCH3 is 1. The third-order valence-electron chi connectivity index (χ3n) is 5.11. The van der Waals surface area contributed by atoms with E-state index in [9.17, 15) is 5.11 Å². The number of hydrogen-bond acceptors (Lipinski definition) is 5. The minimum absolute atomic E-state index is 0.147. The molecule has 7 nitrogen and oxygen atoms in total. The van der Waals surface area contributed by atoms with Gasteiger partial charge in [0.2, 0.25) is 0 Å². The molecule has 1 fully saturated rings. The molecular formula is C22H31N5O2. The highest BCUT2D eigenvalue weighted by molar-refractivity contribution is 5.80. The van der Waals surface area contributed by atoms with Gasteiger partial charge in [-0.1, -0.05) is 18.2 Å². The summed E-state index contributed by atoms with van der Waals surface area (Å²) >= 11 is 0. The number of phenols is 1. The highest BCUT2D eigenvalue weighted by atomic mass is 16.5. The number of pyridine rings is 1. The quantitative estimate of drug-likeness (QED) is 0.514. The zero-order valence-electron chi connectivity index (χ0n) is 17.5. The average molecular weight is 398 g/mol. The summed E-state index contributed by atoms with van der Waals surface area (Å²) in [6.45, 7) is 7.19. The lowest BCUT2D eigenvalue weighted by Crippen LogP contribution is -2.48. The van der Waals surface area contributed by atoms with E-state index in [4.69, 9.17) is 4.74 Å². The highest BCUT2D eigenvalue weighted by Crippen LogP contribution is 2.29. The number of nitrogens with one attached hydrogen (secondary N) is 2. The van der Waals surface area contributed by atoms with Crippen molar-refractivity contribution < 1.29 is 9.84 Å². The van der Waals surface area contributed by atoms with Crippen molar-refractivity contribution in [3.63, 3.8) is 0 Å². The van der Waals surface area contributed by atoms with Gasteiger partial charge in [0.15, 0.2) is 17.5 Å². The second-order valence-corrected chi connectivity index (χ2v) is 7.26. The van der Waals surface area contributed by atoms with Crippen LogP contribution in [0, 0.1) is 6.92 Å². The maximum absolute atomic E-state index is 10.3. The molecule has 0 amide bonds. The van der Waals surface area contributed by atoms with Gasteiger partial charge in [-0.3, -0.25) is 0 Å². The first-order valence-corrected chi connectivity index (χ1v) is 10.2. The number of benzene rings is 1. The van der Waals surface area contributed by atoms with Crippen LogP contribution in [0.2, 0.25) is 0 Å². The molecule has 0 spiro atoms. The number of aromatic nitrogens is 1. The Kier molecular flexibility index (Phi) is 7.16. The van der Waals surface area contributed by atoms with Gasteiger partial charge in [-0.25, -0.2) is 9.98 Å². The number of para-hydroxylation sites is 1. The van der Waals surface area contributed by atoms with Crippen molar-refractivity contribution in [1.82, 2.24) is 15.6 Å². The molecule has 1 aliphatic rings. The van der Waals surface area contributed by atoms with Crippen LogP contribution in [0.15, 0.2) is 41.5 Å². The van der Waals surface area contributed by atoms with E-state index in [0.29, 0.717) is 18.3 Å². The monoisotopic (exact) mass is 397 g/mol. The van der Waals surface area contributed by atoms with Crippen LogP contribution in [0.4, 0.5) is 5.82 Å². The van der Waals surface area contributed by atoms with Crippen LogP contribution >= 0.6 is 0 Å². The van der Waals surface area contributed by atoms with E-state index in [1.165, 1.54) is 5.56 Å². The average Bonchev–Trinajstić information content (AvgIpc) is 2.74. The van der Waals surface area contributed by atoms with Crippen LogP contribution in [0.5, 0.6) is 11.5 Å². The summed E-state index contributed by atoms with van der Waals surface area (Å²) in [5, 5.41) is 17.1. The van der Waals surface area contributed by atoms with E-state index in [-0.39, 0.29) is 5.75 Å². The molecule has 0 bridgehead atoms. The predicted molar refractivity (Wildman–Crippen MR) is 117 cm³/mol. The van der Waals surface area contributed by atoms with Gasteiger partial charge in [-0.2, -0.15) is 0 Å². The summed E-state index contributed by atoms with van der Waals surface area (Å²) < 4.78 is 5.17. The fourth-order valence-corrected chi connectivity index (χ4v) is 3.44. The molecule has 0 unspecified atom stereocenters. The molecule has 2 heterocycles. The van der Waals surface area contributed by atoms with Gasteiger partial charge in [0.05, 0.1) is 13.7 Å². The molecule has 0 radical (unpaired) electrons. The number of rotatable bonds is 6. The largest absolute Gasteiger partial charge is 0.504 e. The van der Waals surface area contributed by atoms with E-state index in [1.807, 2.05) is 25.3 Å². The van der Waals surface area contributed by atoms with E-state index >= 15 is 0 Å². The summed E-state index contributed by atoms with van der Waals surface area (Å²) in [6, 6.07) is 10.0. The van der Waals surface area contributed by atoms with Crippen molar-refractivity contribution in [3.05, 3.63) is 47.7 Å². The second-order valence-electron chi connectivity index (χ2n) is 7.26. The number of guanidine groups is 1. The minimum Gasteiger partial charge on any atom is -0.504 e. The number of aryl methyl sites for hydroxylation is 1. The lowest BCUT2D eigenvalue weighted by atomic mass is 10.1. The number of aromatic hydroxyl groups is 1. The SMILES string of the molecule is CCNC(=NCc1cccc(OC)c1O)NC1CCN(c2ccc(C)cn2)CC1. The van der Waals surface area contributed by atoms with E-state index < -0.39 is 0 Å². The Morgan fingerprint density at radius 2 is 2.07 bits per heavy atom. The fraction of sp³-hybridized carbons (Fsp3) is 0.455. The summed E-state index contributed by atoms with van der Waals surface area (Å²) in [5.41, 5.74) is 1.92. The van der Waals surface area contributed by atoms with Crippen LogP contribution < -0.4 is 20.3 Å². The number of aliphatic imine (C=N–C) groups is 1. The number of anilines is 1. The third-order valence-corrected chi connectivity index (χ3v) is 5.11. The normalized spacial score (nSPS) is 15.3. The first-order chi connectivity index (χ1) is 14.1. The maximum atomic E-state index is 10.3. The summed E-state index contributed by atoms with van der Waals surface area (Å²) in [4.78, 5) is 11.5. The lowest BCUT2D eigenvalue weighted by Gasteiger charge is -2.33. The van der Waals surface area contributed by atoms with Gasteiger partial charge in [0.25, 0.3) is 0 Å². The number of nitrogens with zero attached hydrogens (tertiary/aromatic N) is 3. The van der Waals surface area contributed by atoms with Crippen molar-refractivity contribution >= 4 is 11.8 Å². The number of piperidine rings is 1. The summed E-state index contributed by atoms with van der Waals surface area (Å²) in [5.74, 6) is 2.42. The third kappa shape index (κ3) is 5.53. The maximum Gasteiger partial charge on any atom is 0.191 e. The van der Waals surface area contributed by atoms with Crippen molar-refractivity contribution in [2.24, 2.45) is 4.99 Å². The molecule has 1 aromatic carbocycles. The zero-order valence-corrected chi connectivity index (χ0v) is 17.5. The molecule has 0 aliphatic carbocycles. The number of hydrogen-bond donors (Lipinski definition) is 3. The standard InChI is InChI=1S/C22H31N5O2/c1-4-23-22(25-15-17-6-5-7-19(29-3)21(17)28)26-18-10-12-27(13-11-18)20-9-8-16(2)14-24-20/h5-9,14,18,28H,4,10-13,15H2,1-3H3,(H2,23,25,26). The molecule has 0 atom stereocenters. The summed E-state index contributed by atoms with van der Waals surface area (Å²) in [7, 11) is 1.55. The second kappa shape index (κ2) is 10.0. The lowest BCUT2D eigenvalue weighted by molar-refractivity contribution is 0.370. The minimum atomic E-state index is 0.147. The molecule has 3 rings (SSSR count). The van der Waals surface area contributed by atoms with Crippen molar-refractivity contribution in [1.29, 1.82) is 0 Å². The van der Waals surface area contributed by atoms with Crippen LogP contribution in [0.1, 0.15) is 30.9 Å². The van der Waals surface area contributed by atoms with Gasteiger partial charge in [0, 0.05) is 37.4 Å². The topological polar surface area (TPSA) is 82.0 Å². The predicted octanol–water partition coefficient (Wildman–Crippen LogP) is 2.83. The molecule has 3 N–H and O–H groups in total. The first-order valence-electron chi connectivity index (χ1n) is 10.2. The highest BCUT2D eigenvalue weighted by Gasteiger charge is 2.21. The van der Waals surface area contributed by atoms with Crippen LogP contribution in [-0.2, 0) is 6.54 Å². The Balaban J connectivity index is 1.58. The number of phenolic OH excluding ortho intramolecular Hbond substituents is 1. The van der Waals surface area contributed by atoms with Crippen LogP contribution in [0.3, 0.4) is 0 Å². The Bertz CT molecular complexity index is 814. The molecule has 29 heavy (non-hydrogen) atoms. The molecule has 156 valence electrons. The summed E-state index contributed by atoms with van der Waals surface area (Å²) in [6.07, 6.45) is 3.96. The van der Waals surface area contributed by atoms with Gasteiger partial charge < -0.3 is 25.4 Å². The fourth-order valence-electron chi connectivity index (χ4n) is 3.44. The van der Waals surface area contributed by atoms with Gasteiger partial charge >= 0.3 is 0 Å². The van der Waals surface area contributed by atoms with Gasteiger partial charge in [0.1, 0.15) is 5.82 Å². The van der Waals surface area contributed by atoms with Gasteiger partial charge in [-0.05, 0) is 44.4 Å². The van der Waals surface area contributed by atoms with E-state index in [1.54, 1.807) is 13.2 Å². The molecule has 0 saturated carbocycles. The molecule has 1 aliphatic heterocycles. The van der Waals surface area contributed by atoms with Crippen LogP contribution in [-0.4, -0.2) is 48.8 Å². The zero-order chi connectivity index (χ0) is 20.6. The Morgan fingerprint density at radius 1 is 1.28 bits per heavy atom. The number of ether oxygens (including phenoxy) is 1.